The molecule has 0 bridgehead atoms. The molecule has 1 aliphatic heterocycles. The van der Waals surface area contributed by atoms with Gasteiger partial charge in [-0.3, -0.25) is 0 Å². The minimum Gasteiger partial charge on any atom is -0.338 e. The minimum atomic E-state index is 0.488. The van der Waals surface area contributed by atoms with E-state index < -0.39 is 0 Å². The van der Waals surface area contributed by atoms with Gasteiger partial charge in [-0.15, -0.1) is 11.6 Å². The van der Waals surface area contributed by atoms with Crippen LogP contribution in [0, 0.1) is 6.92 Å². The van der Waals surface area contributed by atoms with Crippen LogP contribution in [0.2, 0.25) is 0 Å². The molecular weight excluding hydrogens is 210 g/mol. The van der Waals surface area contributed by atoms with Crippen LogP contribution in [-0.2, 0) is 5.88 Å². The Bertz CT molecular complexity index is 354. The lowest BCUT2D eigenvalue weighted by Gasteiger charge is -2.21. The van der Waals surface area contributed by atoms with Gasteiger partial charge in [0.25, 0.3) is 0 Å². The van der Waals surface area contributed by atoms with E-state index in [1.165, 1.54) is 12.8 Å². The van der Waals surface area contributed by atoms with Crippen molar-refractivity contribution >= 4 is 17.5 Å². The van der Waals surface area contributed by atoms with Crippen molar-refractivity contribution in [2.24, 2.45) is 0 Å². The molecule has 1 fully saturated rings. The van der Waals surface area contributed by atoms with Crippen LogP contribution in [0.1, 0.15) is 31.0 Å². The summed E-state index contributed by atoms with van der Waals surface area (Å²) in [5, 5.41) is 0. The Labute approximate surface area is 95.5 Å². The van der Waals surface area contributed by atoms with Gasteiger partial charge < -0.3 is 4.90 Å². The van der Waals surface area contributed by atoms with E-state index in [4.69, 9.17) is 11.6 Å². The molecule has 15 heavy (non-hydrogen) atoms. The third kappa shape index (κ3) is 2.07. The first-order valence-corrected chi connectivity index (χ1v) is 5.91. The van der Waals surface area contributed by atoms with E-state index in [0.717, 1.165) is 23.8 Å². The average molecular weight is 226 g/mol. The van der Waals surface area contributed by atoms with E-state index in [1.54, 1.807) is 0 Å². The molecule has 0 N–H and O–H groups in total. The standard InChI is InChI=1S/C11H16ClN3/c1-8-4-3-5-15(8)11-13-7-10(6-12)9(2)14-11/h7-8H,3-6H2,1-2H3. The Hall–Kier alpha value is -0.830. The van der Waals surface area contributed by atoms with Crippen molar-refractivity contribution in [1.29, 1.82) is 0 Å². The predicted molar refractivity (Wildman–Crippen MR) is 62.4 cm³/mol. The molecule has 1 aromatic rings. The number of anilines is 1. The van der Waals surface area contributed by atoms with Gasteiger partial charge in [-0.1, -0.05) is 0 Å². The fraction of sp³-hybridized carbons (Fsp3) is 0.636. The summed E-state index contributed by atoms with van der Waals surface area (Å²) in [5.74, 6) is 1.34. The van der Waals surface area contributed by atoms with Gasteiger partial charge in [0.2, 0.25) is 5.95 Å². The third-order valence-electron chi connectivity index (χ3n) is 3.02. The zero-order valence-corrected chi connectivity index (χ0v) is 9.96. The number of alkyl halides is 1. The van der Waals surface area contributed by atoms with E-state index in [1.807, 2.05) is 13.1 Å². The zero-order chi connectivity index (χ0) is 10.8. The summed E-state index contributed by atoms with van der Waals surface area (Å²) in [5.41, 5.74) is 2.02. The molecule has 0 spiro atoms. The molecule has 4 heteroatoms. The summed E-state index contributed by atoms with van der Waals surface area (Å²) >= 11 is 5.78. The van der Waals surface area contributed by atoms with Gasteiger partial charge in [0, 0.05) is 30.0 Å². The molecule has 0 radical (unpaired) electrons. The van der Waals surface area contributed by atoms with Gasteiger partial charge in [-0.25, -0.2) is 9.97 Å². The number of rotatable bonds is 2. The molecule has 1 aliphatic rings. The predicted octanol–water partition coefficient (Wildman–Crippen LogP) is 2.51. The highest BCUT2D eigenvalue weighted by Crippen LogP contribution is 2.22. The van der Waals surface area contributed by atoms with Crippen molar-refractivity contribution in [3.8, 4) is 0 Å². The minimum absolute atomic E-state index is 0.488. The second kappa shape index (κ2) is 4.35. The summed E-state index contributed by atoms with van der Waals surface area (Å²) in [4.78, 5) is 11.1. The van der Waals surface area contributed by atoms with Crippen molar-refractivity contribution in [1.82, 2.24) is 9.97 Å². The molecule has 82 valence electrons. The van der Waals surface area contributed by atoms with Gasteiger partial charge in [-0.2, -0.15) is 0 Å². The Kier molecular flexibility index (Phi) is 3.10. The first-order chi connectivity index (χ1) is 7.22. The smallest absolute Gasteiger partial charge is 0.225 e. The van der Waals surface area contributed by atoms with Crippen molar-refractivity contribution in [3.05, 3.63) is 17.5 Å². The third-order valence-corrected chi connectivity index (χ3v) is 3.31. The Morgan fingerprint density at radius 1 is 1.60 bits per heavy atom. The van der Waals surface area contributed by atoms with Crippen molar-refractivity contribution in [2.75, 3.05) is 11.4 Å². The van der Waals surface area contributed by atoms with Crippen LogP contribution in [0.5, 0.6) is 0 Å². The molecule has 1 atom stereocenters. The van der Waals surface area contributed by atoms with Crippen molar-refractivity contribution in [2.45, 2.75) is 38.6 Å². The molecule has 2 heterocycles. The zero-order valence-electron chi connectivity index (χ0n) is 9.20. The Balaban J connectivity index is 2.25. The maximum absolute atomic E-state index is 5.78. The monoisotopic (exact) mass is 225 g/mol. The lowest BCUT2D eigenvalue weighted by atomic mass is 10.2. The van der Waals surface area contributed by atoms with Crippen LogP contribution in [0.3, 0.4) is 0 Å². The fourth-order valence-electron chi connectivity index (χ4n) is 1.98. The lowest BCUT2D eigenvalue weighted by molar-refractivity contribution is 0.714. The van der Waals surface area contributed by atoms with Gasteiger partial charge in [0.1, 0.15) is 0 Å². The van der Waals surface area contributed by atoms with E-state index in [9.17, 15) is 0 Å². The molecular formula is C11H16ClN3. The second-order valence-corrected chi connectivity index (χ2v) is 4.37. The van der Waals surface area contributed by atoms with Gasteiger partial charge in [-0.05, 0) is 26.7 Å². The van der Waals surface area contributed by atoms with Gasteiger partial charge >= 0.3 is 0 Å². The molecule has 0 aromatic carbocycles. The van der Waals surface area contributed by atoms with Crippen LogP contribution in [0.25, 0.3) is 0 Å². The number of halogens is 1. The van der Waals surface area contributed by atoms with Crippen LogP contribution in [0.15, 0.2) is 6.20 Å². The Morgan fingerprint density at radius 3 is 2.93 bits per heavy atom. The summed E-state index contributed by atoms with van der Waals surface area (Å²) in [6.45, 7) is 5.28. The number of aryl methyl sites for hydroxylation is 1. The maximum Gasteiger partial charge on any atom is 0.225 e. The SMILES string of the molecule is Cc1nc(N2CCCC2C)ncc1CCl. The largest absolute Gasteiger partial charge is 0.338 e. The molecule has 0 saturated carbocycles. The van der Waals surface area contributed by atoms with Crippen LogP contribution in [-0.4, -0.2) is 22.6 Å². The molecule has 1 saturated heterocycles. The highest BCUT2D eigenvalue weighted by atomic mass is 35.5. The summed E-state index contributed by atoms with van der Waals surface area (Å²) in [7, 11) is 0. The summed E-state index contributed by atoms with van der Waals surface area (Å²) in [6, 6.07) is 0.561. The fourth-order valence-corrected chi connectivity index (χ4v) is 2.24. The van der Waals surface area contributed by atoms with E-state index in [-0.39, 0.29) is 0 Å². The quantitative estimate of drug-likeness (QED) is 0.725. The lowest BCUT2D eigenvalue weighted by Crippen LogP contribution is -2.28. The Morgan fingerprint density at radius 2 is 2.40 bits per heavy atom. The van der Waals surface area contributed by atoms with Crippen LogP contribution in [0.4, 0.5) is 5.95 Å². The molecule has 1 aromatic heterocycles. The number of nitrogens with zero attached hydrogens (tertiary/aromatic N) is 3. The maximum atomic E-state index is 5.78. The van der Waals surface area contributed by atoms with Gasteiger partial charge in [0.15, 0.2) is 0 Å². The second-order valence-electron chi connectivity index (χ2n) is 4.10. The van der Waals surface area contributed by atoms with Crippen LogP contribution >= 0.6 is 11.6 Å². The summed E-state index contributed by atoms with van der Waals surface area (Å²) in [6.07, 6.45) is 4.32. The number of aromatic nitrogens is 2. The number of hydrogen-bond acceptors (Lipinski definition) is 3. The molecule has 3 nitrogen and oxygen atoms in total. The highest BCUT2D eigenvalue weighted by Gasteiger charge is 2.22. The molecule has 1 unspecified atom stereocenters. The molecule has 2 rings (SSSR count). The first kappa shape index (κ1) is 10.7. The average Bonchev–Trinajstić information content (AvgIpc) is 2.64. The first-order valence-electron chi connectivity index (χ1n) is 5.37. The van der Waals surface area contributed by atoms with Gasteiger partial charge in [0.05, 0.1) is 5.88 Å². The van der Waals surface area contributed by atoms with Crippen molar-refractivity contribution in [3.63, 3.8) is 0 Å². The van der Waals surface area contributed by atoms with E-state index in [2.05, 4.69) is 21.8 Å². The van der Waals surface area contributed by atoms with E-state index >= 15 is 0 Å². The normalized spacial score (nSPS) is 21.0. The van der Waals surface area contributed by atoms with E-state index in [0.29, 0.717) is 11.9 Å². The highest BCUT2D eigenvalue weighted by molar-refractivity contribution is 6.17. The molecule has 0 amide bonds. The summed E-state index contributed by atoms with van der Waals surface area (Å²) < 4.78 is 0. The van der Waals surface area contributed by atoms with Crippen molar-refractivity contribution < 1.29 is 0 Å². The number of hydrogen-bond donors (Lipinski definition) is 0. The topological polar surface area (TPSA) is 29.0 Å². The molecule has 0 aliphatic carbocycles. The van der Waals surface area contributed by atoms with Crippen LogP contribution < -0.4 is 4.90 Å².